The average Bonchev–Trinajstić information content (AvgIpc) is 2.60. The van der Waals surface area contributed by atoms with Crippen molar-refractivity contribution in [1.82, 2.24) is 14.7 Å². The minimum absolute atomic E-state index is 0.0633. The second kappa shape index (κ2) is 6.87. The molecule has 0 bridgehead atoms. The molecule has 3 aromatic rings. The molecule has 0 fully saturated rings. The molecule has 0 aliphatic rings. The van der Waals surface area contributed by atoms with Gasteiger partial charge in [0.25, 0.3) is 11.5 Å². The molecule has 0 saturated carbocycles. The first kappa shape index (κ1) is 15.0. The van der Waals surface area contributed by atoms with Crippen LogP contribution in [-0.4, -0.2) is 21.8 Å². The molecule has 5 nitrogen and oxygen atoms in total. The van der Waals surface area contributed by atoms with Crippen LogP contribution in [0.2, 0.25) is 0 Å². The van der Waals surface area contributed by atoms with Crippen LogP contribution in [0.5, 0.6) is 0 Å². The van der Waals surface area contributed by atoms with Gasteiger partial charge in [-0.15, -0.1) is 0 Å². The predicted octanol–water partition coefficient (Wildman–Crippen LogP) is 2.06. The van der Waals surface area contributed by atoms with Gasteiger partial charge in [-0.1, -0.05) is 36.4 Å². The van der Waals surface area contributed by atoms with Gasteiger partial charge in [0.05, 0.1) is 0 Å². The summed E-state index contributed by atoms with van der Waals surface area (Å²) in [6, 6.07) is 15.3. The van der Waals surface area contributed by atoms with Gasteiger partial charge in [0, 0.05) is 18.9 Å². The first-order chi connectivity index (χ1) is 11.3. The number of carbonyl (C=O) groups excluding carboxylic acids is 1. The normalized spacial score (nSPS) is 10.6. The van der Waals surface area contributed by atoms with E-state index in [1.54, 1.807) is 24.4 Å². The molecule has 3 rings (SSSR count). The highest BCUT2D eigenvalue weighted by Crippen LogP contribution is 2.02. The Kier molecular flexibility index (Phi) is 4.47. The molecule has 2 heterocycles. The van der Waals surface area contributed by atoms with Gasteiger partial charge in [0.15, 0.2) is 0 Å². The monoisotopic (exact) mass is 307 g/mol. The van der Waals surface area contributed by atoms with Gasteiger partial charge in [-0.3, -0.25) is 14.0 Å². The maximum Gasteiger partial charge on any atom is 0.270 e. The van der Waals surface area contributed by atoms with E-state index in [1.165, 1.54) is 16.2 Å². The molecular weight excluding hydrogens is 290 g/mol. The molecule has 1 N–H and O–H groups in total. The van der Waals surface area contributed by atoms with Gasteiger partial charge in [-0.2, -0.15) is 0 Å². The van der Waals surface area contributed by atoms with Gasteiger partial charge in [-0.05, 0) is 30.5 Å². The number of carbonyl (C=O) groups is 1. The first-order valence-corrected chi connectivity index (χ1v) is 7.54. The van der Waals surface area contributed by atoms with E-state index in [9.17, 15) is 9.59 Å². The van der Waals surface area contributed by atoms with Crippen LogP contribution in [0.15, 0.2) is 65.7 Å². The molecule has 0 unspecified atom stereocenters. The van der Waals surface area contributed by atoms with E-state index in [0.717, 1.165) is 12.8 Å². The minimum Gasteiger partial charge on any atom is -0.352 e. The van der Waals surface area contributed by atoms with Gasteiger partial charge >= 0.3 is 0 Å². The summed E-state index contributed by atoms with van der Waals surface area (Å²) >= 11 is 0. The average molecular weight is 307 g/mol. The van der Waals surface area contributed by atoms with Crippen LogP contribution in [0.1, 0.15) is 22.3 Å². The first-order valence-electron chi connectivity index (χ1n) is 7.54. The molecule has 1 aromatic carbocycles. The summed E-state index contributed by atoms with van der Waals surface area (Å²) in [7, 11) is 0. The van der Waals surface area contributed by atoms with Crippen molar-refractivity contribution in [3.63, 3.8) is 0 Å². The van der Waals surface area contributed by atoms with E-state index in [-0.39, 0.29) is 17.0 Å². The molecular formula is C18H17N3O2. The maximum atomic E-state index is 12.3. The van der Waals surface area contributed by atoms with Gasteiger partial charge in [-0.25, -0.2) is 4.98 Å². The summed E-state index contributed by atoms with van der Waals surface area (Å²) in [4.78, 5) is 28.6. The summed E-state index contributed by atoms with van der Waals surface area (Å²) in [5.74, 6) is -0.381. The molecule has 1 amide bonds. The Bertz CT molecular complexity index is 872. The molecule has 116 valence electrons. The van der Waals surface area contributed by atoms with Crippen LogP contribution in [0, 0.1) is 0 Å². The van der Waals surface area contributed by atoms with E-state index in [0.29, 0.717) is 12.2 Å². The summed E-state index contributed by atoms with van der Waals surface area (Å²) in [6.45, 7) is 0.519. The number of pyridine rings is 1. The van der Waals surface area contributed by atoms with Crippen molar-refractivity contribution in [2.75, 3.05) is 6.54 Å². The van der Waals surface area contributed by atoms with Crippen LogP contribution in [0.4, 0.5) is 0 Å². The summed E-state index contributed by atoms with van der Waals surface area (Å²) < 4.78 is 1.37. The number of aryl methyl sites for hydroxylation is 1. The number of fused-ring (bicyclic) bond motifs is 1. The fourth-order valence-corrected chi connectivity index (χ4v) is 2.42. The Morgan fingerprint density at radius 3 is 2.70 bits per heavy atom. The number of hydrogen-bond donors (Lipinski definition) is 1. The molecule has 0 aliphatic heterocycles. The van der Waals surface area contributed by atoms with E-state index in [1.807, 2.05) is 18.2 Å². The van der Waals surface area contributed by atoms with Crippen LogP contribution in [0.3, 0.4) is 0 Å². The van der Waals surface area contributed by atoms with E-state index in [4.69, 9.17) is 0 Å². The number of aromatic nitrogens is 2. The standard InChI is InChI=1S/C18H17N3O2/c22-17(19-11-6-9-14-7-2-1-3-8-14)15-13-20-16-10-4-5-12-21(16)18(15)23/h1-5,7-8,10,12-13H,6,9,11H2,(H,19,22). The van der Waals surface area contributed by atoms with Gasteiger partial charge in [0.2, 0.25) is 0 Å². The van der Waals surface area contributed by atoms with E-state index in [2.05, 4.69) is 22.4 Å². The largest absolute Gasteiger partial charge is 0.352 e. The molecule has 0 radical (unpaired) electrons. The minimum atomic E-state index is -0.381. The third-order valence-electron chi connectivity index (χ3n) is 3.63. The SMILES string of the molecule is O=C(NCCCc1ccccc1)c1cnc2ccccn2c1=O. The summed E-state index contributed by atoms with van der Waals surface area (Å²) in [5.41, 5.74) is 1.47. The second-order valence-electron chi connectivity index (χ2n) is 5.25. The molecule has 2 aromatic heterocycles. The molecule has 23 heavy (non-hydrogen) atoms. The Morgan fingerprint density at radius 2 is 1.87 bits per heavy atom. The highest BCUT2D eigenvalue weighted by Gasteiger charge is 2.12. The van der Waals surface area contributed by atoms with Crippen molar-refractivity contribution >= 4 is 11.6 Å². The van der Waals surface area contributed by atoms with Crippen LogP contribution in [0.25, 0.3) is 5.65 Å². The third-order valence-corrected chi connectivity index (χ3v) is 3.63. The lowest BCUT2D eigenvalue weighted by molar-refractivity contribution is 0.0951. The van der Waals surface area contributed by atoms with Crippen molar-refractivity contribution in [2.24, 2.45) is 0 Å². The lowest BCUT2D eigenvalue weighted by atomic mass is 10.1. The Morgan fingerprint density at radius 1 is 1.09 bits per heavy atom. The highest BCUT2D eigenvalue weighted by atomic mass is 16.2. The summed E-state index contributed by atoms with van der Waals surface area (Å²) in [6.07, 6.45) is 4.65. The zero-order valence-corrected chi connectivity index (χ0v) is 12.6. The molecule has 0 atom stereocenters. The molecule has 0 saturated heterocycles. The van der Waals surface area contributed by atoms with Gasteiger partial charge in [0.1, 0.15) is 11.2 Å². The number of hydrogen-bond acceptors (Lipinski definition) is 3. The summed E-state index contributed by atoms with van der Waals surface area (Å²) in [5, 5.41) is 2.78. The van der Waals surface area contributed by atoms with Crippen molar-refractivity contribution in [2.45, 2.75) is 12.8 Å². The highest BCUT2D eigenvalue weighted by molar-refractivity contribution is 5.93. The molecule has 0 spiro atoms. The molecule has 0 aliphatic carbocycles. The Balaban J connectivity index is 1.62. The van der Waals surface area contributed by atoms with Crippen LogP contribution in [-0.2, 0) is 6.42 Å². The quantitative estimate of drug-likeness (QED) is 0.734. The van der Waals surface area contributed by atoms with Crippen molar-refractivity contribution in [3.8, 4) is 0 Å². The number of rotatable bonds is 5. The van der Waals surface area contributed by atoms with Crippen LogP contribution >= 0.6 is 0 Å². The lowest BCUT2D eigenvalue weighted by Gasteiger charge is -2.06. The van der Waals surface area contributed by atoms with Crippen LogP contribution < -0.4 is 10.9 Å². The number of amides is 1. The lowest BCUT2D eigenvalue weighted by Crippen LogP contribution is -2.32. The second-order valence-corrected chi connectivity index (χ2v) is 5.25. The van der Waals surface area contributed by atoms with Crippen molar-refractivity contribution < 1.29 is 4.79 Å². The molecule has 5 heteroatoms. The van der Waals surface area contributed by atoms with Crippen molar-refractivity contribution in [1.29, 1.82) is 0 Å². The smallest absolute Gasteiger partial charge is 0.270 e. The zero-order chi connectivity index (χ0) is 16.1. The number of benzene rings is 1. The fraction of sp³-hybridized carbons (Fsp3) is 0.167. The number of nitrogens with zero attached hydrogens (tertiary/aromatic N) is 2. The maximum absolute atomic E-state index is 12.3. The fourth-order valence-electron chi connectivity index (χ4n) is 2.42. The van der Waals surface area contributed by atoms with E-state index >= 15 is 0 Å². The number of nitrogens with one attached hydrogen (secondary N) is 1. The zero-order valence-electron chi connectivity index (χ0n) is 12.6. The van der Waals surface area contributed by atoms with E-state index < -0.39 is 0 Å². The Hall–Kier alpha value is -2.95. The van der Waals surface area contributed by atoms with Crippen molar-refractivity contribution in [3.05, 3.63) is 82.4 Å². The predicted molar refractivity (Wildman–Crippen MR) is 88.6 cm³/mol. The topological polar surface area (TPSA) is 63.5 Å². The third kappa shape index (κ3) is 3.45. The Labute approximate surface area is 133 Å². The van der Waals surface area contributed by atoms with Gasteiger partial charge < -0.3 is 5.32 Å².